The zero-order valence-corrected chi connectivity index (χ0v) is 10.1. The van der Waals surface area contributed by atoms with Gasteiger partial charge in [0.05, 0.1) is 0 Å². The quantitative estimate of drug-likeness (QED) is 0.602. The molecule has 0 radical (unpaired) electrons. The van der Waals surface area contributed by atoms with Crippen LogP contribution in [0.25, 0.3) is 0 Å². The second kappa shape index (κ2) is 5.19. The van der Waals surface area contributed by atoms with Gasteiger partial charge in [-0.2, -0.15) is 0 Å². The molecule has 1 saturated carbocycles. The second-order valence-electron chi connectivity index (χ2n) is 4.51. The largest absolute Gasteiger partial charge is 0.339 e. The number of rotatable bonds is 5. The molecule has 4 heteroatoms. The summed E-state index contributed by atoms with van der Waals surface area (Å²) in [7, 11) is 0. The zero-order chi connectivity index (χ0) is 12.3. The minimum absolute atomic E-state index is 0.114. The molecule has 1 aromatic carbocycles. The Morgan fingerprint density at radius 2 is 2.06 bits per heavy atom. The number of nitrogens with zero attached hydrogens (tertiary/aromatic N) is 1. The molecule has 1 aromatic rings. The van der Waals surface area contributed by atoms with E-state index in [4.69, 9.17) is 5.84 Å². The van der Waals surface area contributed by atoms with Crippen molar-refractivity contribution in [1.82, 2.24) is 4.90 Å². The standard InChI is InChI=1S/C13H19N3O/c1-2-16(9-10-3-4-10)13(17)11-5-7-12(15-14)8-6-11/h5-8,10,15H,2-4,9,14H2,1H3. The molecule has 0 atom stereocenters. The number of anilines is 1. The van der Waals surface area contributed by atoms with E-state index < -0.39 is 0 Å². The molecule has 1 aliphatic rings. The van der Waals surface area contributed by atoms with Gasteiger partial charge < -0.3 is 10.3 Å². The van der Waals surface area contributed by atoms with Gasteiger partial charge in [-0.1, -0.05) is 0 Å². The minimum atomic E-state index is 0.114. The number of hydrogen-bond acceptors (Lipinski definition) is 3. The highest BCUT2D eigenvalue weighted by Gasteiger charge is 2.26. The van der Waals surface area contributed by atoms with Crippen molar-refractivity contribution in [1.29, 1.82) is 0 Å². The molecule has 2 rings (SSSR count). The molecule has 17 heavy (non-hydrogen) atoms. The summed E-state index contributed by atoms with van der Waals surface area (Å²) in [5.41, 5.74) is 4.09. The first kappa shape index (κ1) is 11.9. The van der Waals surface area contributed by atoms with Crippen LogP contribution in [-0.4, -0.2) is 23.9 Å². The van der Waals surface area contributed by atoms with Crippen molar-refractivity contribution in [2.45, 2.75) is 19.8 Å². The third kappa shape index (κ3) is 2.97. The van der Waals surface area contributed by atoms with Crippen LogP contribution in [0.3, 0.4) is 0 Å². The van der Waals surface area contributed by atoms with Gasteiger partial charge in [-0.3, -0.25) is 10.6 Å². The molecule has 0 bridgehead atoms. The molecule has 1 aliphatic carbocycles. The fourth-order valence-corrected chi connectivity index (χ4v) is 1.86. The average Bonchev–Trinajstić information content (AvgIpc) is 3.19. The van der Waals surface area contributed by atoms with Crippen LogP contribution in [-0.2, 0) is 0 Å². The summed E-state index contributed by atoms with van der Waals surface area (Å²) in [5.74, 6) is 6.13. The molecule has 0 unspecified atom stereocenters. The molecule has 92 valence electrons. The summed E-state index contributed by atoms with van der Waals surface area (Å²) in [6, 6.07) is 7.26. The fraction of sp³-hybridized carbons (Fsp3) is 0.462. The van der Waals surface area contributed by atoms with Crippen LogP contribution in [0.15, 0.2) is 24.3 Å². The molecule has 1 fully saturated rings. The van der Waals surface area contributed by atoms with Crippen molar-refractivity contribution in [3.63, 3.8) is 0 Å². The molecule has 0 aliphatic heterocycles. The number of amides is 1. The van der Waals surface area contributed by atoms with Crippen molar-refractivity contribution in [3.05, 3.63) is 29.8 Å². The Morgan fingerprint density at radius 1 is 1.41 bits per heavy atom. The van der Waals surface area contributed by atoms with Gasteiger partial charge in [0.15, 0.2) is 0 Å². The summed E-state index contributed by atoms with van der Waals surface area (Å²) in [6.45, 7) is 3.69. The third-order valence-corrected chi connectivity index (χ3v) is 3.14. The Labute approximate surface area is 102 Å². The van der Waals surface area contributed by atoms with E-state index in [-0.39, 0.29) is 5.91 Å². The van der Waals surface area contributed by atoms with Gasteiger partial charge in [-0.15, -0.1) is 0 Å². The lowest BCUT2D eigenvalue weighted by molar-refractivity contribution is 0.0757. The Hall–Kier alpha value is -1.55. The first-order chi connectivity index (χ1) is 8.24. The highest BCUT2D eigenvalue weighted by Crippen LogP contribution is 2.30. The van der Waals surface area contributed by atoms with Crippen LogP contribution in [0.5, 0.6) is 0 Å². The van der Waals surface area contributed by atoms with Gasteiger partial charge in [-0.05, 0) is 49.9 Å². The van der Waals surface area contributed by atoms with E-state index >= 15 is 0 Å². The summed E-state index contributed by atoms with van der Waals surface area (Å²) >= 11 is 0. The van der Waals surface area contributed by atoms with Crippen molar-refractivity contribution in [2.24, 2.45) is 11.8 Å². The van der Waals surface area contributed by atoms with E-state index in [1.165, 1.54) is 12.8 Å². The van der Waals surface area contributed by atoms with Crippen LogP contribution >= 0.6 is 0 Å². The molecular formula is C13H19N3O. The van der Waals surface area contributed by atoms with Gasteiger partial charge in [0, 0.05) is 24.3 Å². The van der Waals surface area contributed by atoms with Gasteiger partial charge in [0.2, 0.25) is 0 Å². The molecule has 0 aromatic heterocycles. The van der Waals surface area contributed by atoms with Crippen molar-refractivity contribution in [2.75, 3.05) is 18.5 Å². The van der Waals surface area contributed by atoms with Crippen molar-refractivity contribution < 1.29 is 4.79 Å². The lowest BCUT2D eigenvalue weighted by Gasteiger charge is -2.20. The van der Waals surface area contributed by atoms with E-state index in [9.17, 15) is 4.79 Å². The SMILES string of the molecule is CCN(CC1CC1)C(=O)c1ccc(NN)cc1. The lowest BCUT2D eigenvalue weighted by Crippen LogP contribution is -2.32. The number of carbonyl (C=O) groups is 1. The highest BCUT2D eigenvalue weighted by atomic mass is 16.2. The number of nitrogens with two attached hydrogens (primary N) is 1. The number of hydrazine groups is 1. The first-order valence-electron chi connectivity index (χ1n) is 6.10. The van der Waals surface area contributed by atoms with Crippen LogP contribution in [0.2, 0.25) is 0 Å². The lowest BCUT2D eigenvalue weighted by atomic mass is 10.1. The van der Waals surface area contributed by atoms with Crippen LogP contribution in [0.4, 0.5) is 5.69 Å². The van der Waals surface area contributed by atoms with E-state index in [1.807, 2.05) is 36.1 Å². The Bertz CT molecular complexity index is 384. The van der Waals surface area contributed by atoms with Crippen molar-refractivity contribution >= 4 is 11.6 Å². The van der Waals surface area contributed by atoms with Gasteiger partial charge in [0.25, 0.3) is 5.91 Å². The zero-order valence-electron chi connectivity index (χ0n) is 10.1. The monoisotopic (exact) mass is 233 g/mol. The normalized spacial score (nSPS) is 14.5. The Balaban J connectivity index is 2.04. The maximum Gasteiger partial charge on any atom is 0.253 e. The summed E-state index contributed by atoms with van der Waals surface area (Å²) in [4.78, 5) is 14.1. The van der Waals surface area contributed by atoms with E-state index in [0.29, 0.717) is 0 Å². The molecule has 0 saturated heterocycles. The summed E-state index contributed by atoms with van der Waals surface area (Å²) < 4.78 is 0. The third-order valence-electron chi connectivity index (χ3n) is 3.14. The summed E-state index contributed by atoms with van der Waals surface area (Å²) in [5, 5.41) is 0. The maximum absolute atomic E-state index is 12.2. The number of benzene rings is 1. The molecule has 3 N–H and O–H groups in total. The van der Waals surface area contributed by atoms with Gasteiger partial charge in [-0.25, -0.2) is 0 Å². The maximum atomic E-state index is 12.2. The molecule has 0 heterocycles. The molecule has 4 nitrogen and oxygen atoms in total. The van der Waals surface area contributed by atoms with Crippen LogP contribution in [0.1, 0.15) is 30.1 Å². The summed E-state index contributed by atoms with van der Waals surface area (Å²) in [6.07, 6.45) is 2.53. The van der Waals surface area contributed by atoms with Gasteiger partial charge >= 0.3 is 0 Å². The smallest absolute Gasteiger partial charge is 0.253 e. The average molecular weight is 233 g/mol. The number of hydrogen-bond donors (Lipinski definition) is 2. The predicted molar refractivity (Wildman–Crippen MR) is 68.6 cm³/mol. The number of nitrogen functional groups attached to an aromatic ring is 1. The molecule has 1 amide bonds. The molecule has 0 spiro atoms. The molecular weight excluding hydrogens is 214 g/mol. The minimum Gasteiger partial charge on any atom is -0.339 e. The first-order valence-corrected chi connectivity index (χ1v) is 6.10. The second-order valence-corrected chi connectivity index (χ2v) is 4.51. The predicted octanol–water partition coefficient (Wildman–Crippen LogP) is 1.84. The van der Waals surface area contributed by atoms with E-state index in [0.717, 1.165) is 30.3 Å². The topological polar surface area (TPSA) is 58.4 Å². The van der Waals surface area contributed by atoms with Crippen molar-refractivity contribution in [3.8, 4) is 0 Å². The Morgan fingerprint density at radius 3 is 2.53 bits per heavy atom. The van der Waals surface area contributed by atoms with E-state index in [2.05, 4.69) is 5.43 Å². The van der Waals surface area contributed by atoms with Crippen LogP contribution in [0, 0.1) is 5.92 Å². The Kier molecular flexibility index (Phi) is 3.64. The highest BCUT2D eigenvalue weighted by molar-refractivity contribution is 5.94. The van der Waals surface area contributed by atoms with Gasteiger partial charge in [0.1, 0.15) is 0 Å². The fourth-order valence-electron chi connectivity index (χ4n) is 1.86. The number of carbonyl (C=O) groups excluding carboxylic acids is 1. The van der Waals surface area contributed by atoms with E-state index in [1.54, 1.807) is 0 Å². The van der Waals surface area contributed by atoms with Crippen LogP contribution < -0.4 is 11.3 Å². The number of nitrogens with one attached hydrogen (secondary N) is 1.